The number of carbonyl (C=O) groups is 2. The lowest BCUT2D eigenvalue weighted by Gasteiger charge is -2.08. The van der Waals surface area contributed by atoms with Crippen molar-refractivity contribution in [3.63, 3.8) is 0 Å². The van der Waals surface area contributed by atoms with E-state index in [0.29, 0.717) is 22.8 Å². The number of hydrogen-bond donors (Lipinski definition) is 0. The summed E-state index contributed by atoms with van der Waals surface area (Å²) in [6.45, 7) is 1.79. The summed E-state index contributed by atoms with van der Waals surface area (Å²) in [7, 11) is 2.69. The van der Waals surface area contributed by atoms with Crippen molar-refractivity contribution in [2.75, 3.05) is 20.0 Å². The monoisotopic (exact) mass is 272 g/mol. The Labute approximate surface area is 110 Å². The Bertz CT molecular complexity index is 412. The summed E-state index contributed by atoms with van der Waals surface area (Å²) in [6.07, 6.45) is 1.45. The number of ether oxygens (including phenoxy) is 2. The van der Waals surface area contributed by atoms with Crippen LogP contribution in [0.1, 0.15) is 23.0 Å². The molecule has 0 N–H and O–H groups in total. The first-order chi connectivity index (χ1) is 8.60. The summed E-state index contributed by atoms with van der Waals surface area (Å²) in [5, 5.41) is 0. The van der Waals surface area contributed by atoms with Crippen LogP contribution in [0.2, 0.25) is 0 Å². The molecule has 1 atom stereocenters. The molecule has 1 aromatic heterocycles. The number of carbonyl (C=O) groups excluding carboxylic acids is 2. The predicted molar refractivity (Wildman–Crippen MR) is 67.4 cm³/mol. The normalized spacial score (nSPS) is 11.9. The number of methoxy groups -OCH3 is 2. The minimum atomic E-state index is -0.416. The molecule has 0 aliphatic heterocycles. The zero-order valence-corrected chi connectivity index (χ0v) is 11.4. The van der Waals surface area contributed by atoms with Gasteiger partial charge in [0.2, 0.25) is 0 Å². The summed E-state index contributed by atoms with van der Waals surface area (Å²) in [4.78, 5) is 22.6. The number of thioether (sulfide) groups is 1. The van der Waals surface area contributed by atoms with Crippen LogP contribution in [0.5, 0.6) is 0 Å². The quantitative estimate of drug-likeness (QED) is 0.739. The van der Waals surface area contributed by atoms with Crippen LogP contribution in [0, 0.1) is 5.92 Å². The van der Waals surface area contributed by atoms with Crippen LogP contribution >= 0.6 is 11.8 Å². The molecule has 0 aromatic carbocycles. The molecule has 1 rings (SSSR count). The van der Waals surface area contributed by atoms with Crippen LogP contribution in [-0.2, 0) is 20.0 Å². The zero-order chi connectivity index (χ0) is 13.5. The Kier molecular flexibility index (Phi) is 5.77. The van der Waals surface area contributed by atoms with Crippen LogP contribution in [0.15, 0.2) is 16.7 Å². The average molecular weight is 272 g/mol. The van der Waals surface area contributed by atoms with Crippen LogP contribution in [0.25, 0.3) is 0 Å². The lowest BCUT2D eigenvalue weighted by atomic mass is 10.2. The molecular weight excluding hydrogens is 256 g/mol. The minimum Gasteiger partial charge on any atom is -0.469 e. The summed E-state index contributed by atoms with van der Waals surface area (Å²) in [5.41, 5.74) is 0.427. The van der Waals surface area contributed by atoms with Crippen molar-refractivity contribution < 1.29 is 23.5 Å². The number of hydrogen-bond acceptors (Lipinski definition) is 6. The third-order valence-electron chi connectivity index (χ3n) is 2.36. The van der Waals surface area contributed by atoms with Crippen LogP contribution in [0.4, 0.5) is 0 Å². The first-order valence-corrected chi connectivity index (χ1v) is 6.55. The smallest absolute Gasteiger partial charge is 0.341 e. The zero-order valence-electron chi connectivity index (χ0n) is 10.6. The van der Waals surface area contributed by atoms with E-state index in [1.165, 1.54) is 32.2 Å². The second-order valence-electron chi connectivity index (χ2n) is 3.69. The average Bonchev–Trinajstić information content (AvgIpc) is 2.85. The molecule has 5 nitrogen and oxygen atoms in total. The molecule has 0 aliphatic carbocycles. The minimum absolute atomic E-state index is 0.184. The molecule has 0 saturated carbocycles. The second-order valence-corrected chi connectivity index (χ2v) is 4.72. The molecule has 1 aromatic rings. The fourth-order valence-corrected chi connectivity index (χ4v) is 2.36. The van der Waals surface area contributed by atoms with E-state index >= 15 is 0 Å². The standard InChI is InChI=1S/C12H16O5S/c1-8(11(13)15-2)6-18-7-10-9(4-5-17-10)12(14)16-3/h4-5,8H,6-7H2,1-3H3. The van der Waals surface area contributed by atoms with Gasteiger partial charge in [-0.3, -0.25) is 4.79 Å². The van der Waals surface area contributed by atoms with Crippen molar-refractivity contribution in [2.24, 2.45) is 5.92 Å². The Morgan fingerprint density at radius 1 is 1.39 bits per heavy atom. The van der Waals surface area contributed by atoms with Crippen molar-refractivity contribution in [2.45, 2.75) is 12.7 Å². The van der Waals surface area contributed by atoms with E-state index in [1.54, 1.807) is 13.0 Å². The maximum atomic E-state index is 11.4. The van der Waals surface area contributed by atoms with Crippen molar-refractivity contribution in [3.05, 3.63) is 23.7 Å². The van der Waals surface area contributed by atoms with Gasteiger partial charge in [-0.25, -0.2) is 4.79 Å². The molecular formula is C12H16O5S. The van der Waals surface area contributed by atoms with Crippen molar-refractivity contribution in [1.29, 1.82) is 0 Å². The molecule has 0 bridgehead atoms. The van der Waals surface area contributed by atoms with Gasteiger partial charge in [-0.2, -0.15) is 11.8 Å². The first-order valence-electron chi connectivity index (χ1n) is 5.40. The van der Waals surface area contributed by atoms with Gasteiger partial charge < -0.3 is 13.9 Å². The van der Waals surface area contributed by atoms with Crippen LogP contribution < -0.4 is 0 Å². The first kappa shape index (κ1) is 14.6. The Morgan fingerprint density at radius 3 is 2.72 bits per heavy atom. The van der Waals surface area contributed by atoms with Gasteiger partial charge in [-0.15, -0.1) is 0 Å². The highest BCUT2D eigenvalue weighted by atomic mass is 32.2. The molecule has 0 saturated heterocycles. The van der Waals surface area contributed by atoms with Gasteiger partial charge >= 0.3 is 11.9 Å². The van der Waals surface area contributed by atoms with E-state index < -0.39 is 5.97 Å². The fourth-order valence-electron chi connectivity index (χ4n) is 1.34. The van der Waals surface area contributed by atoms with Gasteiger partial charge in [-0.1, -0.05) is 6.92 Å². The van der Waals surface area contributed by atoms with Crippen LogP contribution in [0.3, 0.4) is 0 Å². The highest BCUT2D eigenvalue weighted by molar-refractivity contribution is 7.98. The second kappa shape index (κ2) is 7.10. The molecule has 0 fully saturated rings. The fraction of sp³-hybridized carbons (Fsp3) is 0.500. The maximum absolute atomic E-state index is 11.4. The lowest BCUT2D eigenvalue weighted by molar-refractivity contribution is -0.144. The maximum Gasteiger partial charge on any atom is 0.341 e. The molecule has 18 heavy (non-hydrogen) atoms. The van der Waals surface area contributed by atoms with Gasteiger partial charge in [0.25, 0.3) is 0 Å². The van der Waals surface area contributed by atoms with E-state index in [0.717, 1.165) is 0 Å². The molecule has 100 valence electrons. The van der Waals surface area contributed by atoms with Crippen molar-refractivity contribution in [1.82, 2.24) is 0 Å². The van der Waals surface area contributed by atoms with Crippen molar-refractivity contribution >= 4 is 23.7 Å². The molecule has 0 amide bonds. The van der Waals surface area contributed by atoms with Crippen LogP contribution in [-0.4, -0.2) is 31.9 Å². The lowest BCUT2D eigenvalue weighted by Crippen LogP contribution is -2.15. The number of esters is 2. The van der Waals surface area contributed by atoms with E-state index in [2.05, 4.69) is 9.47 Å². The molecule has 0 spiro atoms. The summed E-state index contributed by atoms with van der Waals surface area (Å²) >= 11 is 1.50. The molecule has 0 aliphatic rings. The summed E-state index contributed by atoms with van der Waals surface area (Å²) in [5.74, 6) is 0.836. The largest absolute Gasteiger partial charge is 0.469 e. The Balaban J connectivity index is 2.47. The Morgan fingerprint density at radius 2 is 2.11 bits per heavy atom. The van der Waals surface area contributed by atoms with Crippen molar-refractivity contribution in [3.8, 4) is 0 Å². The van der Waals surface area contributed by atoms with Gasteiger partial charge in [-0.05, 0) is 6.07 Å². The highest BCUT2D eigenvalue weighted by Gasteiger charge is 2.17. The molecule has 1 unspecified atom stereocenters. The van der Waals surface area contributed by atoms with E-state index in [9.17, 15) is 9.59 Å². The van der Waals surface area contributed by atoms with Gasteiger partial charge in [0.15, 0.2) is 0 Å². The van der Waals surface area contributed by atoms with Gasteiger partial charge in [0.05, 0.1) is 32.2 Å². The molecule has 0 radical (unpaired) electrons. The SMILES string of the molecule is COC(=O)c1ccoc1CSCC(C)C(=O)OC. The highest BCUT2D eigenvalue weighted by Crippen LogP contribution is 2.20. The van der Waals surface area contributed by atoms with Gasteiger partial charge in [0, 0.05) is 5.75 Å². The van der Waals surface area contributed by atoms with E-state index in [4.69, 9.17) is 4.42 Å². The Hall–Kier alpha value is -1.43. The third-order valence-corrected chi connectivity index (χ3v) is 3.56. The number of rotatable bonds is 6. The summed E-state index contributed by atoms with van der Waals surface area (Å²) in [6, 6.07) is 1.57. The van der Waals surface area contributed by atoms with E-state index in [1.807, 2.05) is 0 Å². The predicted octanol–water partition coefficient (Wildman–Crippen LogP) is 2.11. The summed E-state index contributed by atoms with van der Waals surface area (Å²) < 4.78 is 14.5. The van der Waals surface area contributed by atoms with E-state index in [-0.39, 0.29) is 11.9 Å². The third kappa shape index (κ3) is 3.80. The molecule has 6 heteroatoms. The number of furan rings is 1. The molecule has 1 heterocycles. The van der Waals surface area contributed by atoms with Gasteiger partial charge in [0.1, 0.15) is 11.3 Å². The topological polar surface area (TPSA) is 65.7 Å².